The van der Waals surface area contributed by atoms with E-state index in [0.717, 1.165) is 95.6 Å². The Labute approximate surface area is 319 Å². The summed E-state index contributed by atoms with van der Waals surface area (Å²) in [6, 6.07) is 16.2. The van der Waals surface area contributed by atoms with Crippen LogP contribution in [0.4, 0.5) is 16.3 Å². The number of carbonyl (C=O) groups is 1. The maximum Gasteiger partial charge on any atom is 0.317 e. The van der Waals surface area contributed by atoms with Crippen LogP contribution in [0.3, 0.4) is 0 Å². The number of pyridine rings is 2. The first-order valence-electron chi connectivity index (χ1n) is 18.5. The Morgan fingerprint density at radius 1 is 1.02 bits per heavy atom. The van der Waals surface area contributed by atoms with E-state index in [4.69, 9.17) is 31.0 Å². The molecule has 3 aromatic heterocycles. The molecular formula is C41H45ClN8O4. The fourth-order valence-corrected chi connectivity index (χ4v) is 8.88. The Bertz CT molecular complexity index is 2350. The predicted octanol–water partition coefficient (Wildman–Crippen LogP) is 6.57. The van der Waals surface area contributed by atoms with Gasteiger partial charge in [-0.15, -0.1) is 0 Å². The molecule has 0 saturated carbocycles. The van der Waals surface area contributed by atoms with Gasteiger partial charge in [-0.25, -0.2) is 19.4 Å². The van der Waals surface area contributed by atoms with Crippen molar-refractivity contribution in [3.8, 4) is 28.3 Å². The summed E-state index contributed by atoms with van der Waals surface area (Å²) < 4.78 is 12.5. The molecule has 0 bridgehead atoms. The Hall–Kier alpha value is -5.04. The Kier molecular flexibility index (Phi) is 9.53. The lowest BCUT2D eigenvalue weighted by Gasteiger charge is -2.40. The summed E-state index contributed by atoms with van der Waals surface area (Å²) in [5.74, 6) is 1.10. The largest absolute Gasteiger partial charge is 0.481 e. The number of urea groups is 1. The number of amides is 2. The molecule has 2 saturated heterocycles. The lowest BCUT2D eigenvalue weighted by Crippen LogP contribution is -2.61. The van der Waals surface area contributed by atoms with Gasteiger partial charge in [-0.3, -0.25) is 9.69 Å². The van der Waals surface area contributed by atoms with Gasteiger partial charge in [-0.2, -0.15) is 5.10 Å². The van der Waals surface area contributed by atoms with E-state index in [1.807, 2.05) is 61.2 Å². The van der Waals surface area contributed by atoms with Crippen LogP contribution in [-0.2, 0) is 18.2 Å². The van der Waals surface area contributed by atoms with Gasteiger partial charge in [-0.1, -0.05) is 41.9 Å². The molecule has 0 unspecified atom stereocenters. The number of hydrogen-bond donors (Lipinski definition) is 2. The third-order valence-corrected chi connectivity index (χ3v) is 11.8. The van der Waals surface area contributed by atoms with Gasteiger partial charge in [0.05, 0.1) is 41.6 Å². The maximum absolute atomic E-state index is 13.1. The lowest BCUT2D eigenvalue weighted by molar-refractivity contribution is 0.114. The second-order valence-electron chi connectivity index (χ2n) is 14.7. The van der Waals surface area contributed by atoms with Crippen molar-refractivity contribution < 1.29 is 14.3 Å². The summed E-state index contributed by atoms with van der Waals surface area (Å²) in [5.41, 5.74) is 7.86. The number of fused-ring (bicyclic) bond motifs is 2. The first kappa shape index (κ1) is 36.0. The van der Waals surface area contributed by atoms with Crippen molar-refractivity contribution in [1.82, 2.24) is 34.9 Å². The van der Waals surface area contributed by atoms with Crippen LogP contribution in [0, 0.1) is 13.8 Å². The number of aryl methyl sites for hydroxylation is 3. The fourth-order valence-electron chi connectivity index (χ4n) is 8.56. The monoisotopic (exact) mass is 748 g/mol. The molecule has 2 fully saturated rings. The zero-order chi connectivity index (χ0) is 37.7. The van der Waals surface area contributed by atoms with Crippen molar-refractivity contribution in [2.45, 2.75) is 51.1 Å². The molecule has 13 heteroatoms. The van der Waals surface area contributed by atoms with E-state index in [1.165, 1.54) is 10.2 Å². The molecule has 3 aliphatic rings. The van der Waals surface area contributed by atoms with Crippen LogP contribution in [-0.4, -0.2) is 88.1 Å². The second kappa shape index (κ2) is 14.3. The lowest BCUT2D eigenvalue weighted by atomic mass is 9.92. The zero-order valence-corrected chi connectivity index (χ0v) is 32.1. The van der Waals surface area contributed by atoms with Gasteiger partial charge in [-0.05, 0) is 74.4 Å². The van der Waals surface area contributed by atoms with Gasteiger partial charge >= 0.3 is 6.03 Å². The van der Waals surface area contributed by atoms with Crippen LogP contribution in [0.1, 0.15) is 47.7 Å². The third kappa shape index (κ3) is 6.35. The SMILES string of the molecule is COCCN1CC[C@@]2(CCN([C@H]3CCc4cc(-c5cccc(-c6cccc(Nc7nc(C)cc8cnn(C)c(=O)c78)c6C)c5Cl)nc(OC)c43)C2)NC1=O. The molecule has 280 valence electrons. The molecule has 12 nitrogen and oxygen atoms in total. The minimum Gasteiger partial charge on any atom is -0.481 e. The summed E-state index contributed by atoms with van der Waals surface area (Å²) in [6.45, 7) is 7.51. The van der Waals surface area contributed by atoms with Crippen molar-refractivity contribution in [1.29, 1.82) is 0 Å². The average Bonchev–Trinajstić information content (AvgIpc) is 3.78. The maximum atomic E-state index is 13.1. The number of ether oxygens (including phenoxy) is 2. The first-order chi connectivity index (χ1) is 26.1. The van der Waals surface area contributed by atoms with E-state index in [-0.39, 0.29) is 23.2 Å². The quantitative estimate of drug-likeness (QED) is 0.172. The molecular weight excluding hydrogens is 704 g/mol. The Morgan fingerprint density at radius 3 is 2.59 bits per heavy atom. The number of hydrogen-bond acceptors (Lipinski definition) is 9. The highest BCUT2D eigenvalue weighted by Gasteiger charge is 2.46. The van der Waals surface area contributed by atoms with E-state index in [1.54, 1.807) is 27.5 Å². The van der Waals surface area contributed by atoms with Crippen molar-refractivity contribution in [2.24, 2.45) is 7.05 Å². The molecule has 1 spiro atoms. The normalized spacial score (nSPS) is 19.8. The van der Waals surface area contributed by atoms with Gasteiger partial charge < -0.3 is 25.0 Å². The van der Waals surface area contributed by atoms with E-state index in [2.05, 4.69) is 26.7 Å². The van der Waals surface area contributed by atoms with Gasteiger partial charge in [0.25, 0.3) is 5.56 Å². The number of nitrogens with zero attached hydrogens (tertiary/aromatic N) is 6. The van der Waals surface area contributed by atoms with Gasteiger partial charge in [0.15, 0.2) is 0 Å². The minimum atomic E-state index is -0.220. The number of aromatic nitrogens is 4. The first-order valence-corrected chi connectivity index (χ1v) is 18.8. The number of rotatable bonds is 9. The van der Waals surface area contributed by atoms with E-state index in [9.17, 15) is 9.59 Å². The van der Waals surface area contributed by atoms with Crippen LogP contribution < -0.4 is 20.9 Å². The molecule has 2 aliphatic heterocycles. The molecule has 5 heterocycles. The highest BCUT2D eigenvalue weighted by atomic mass is 35.5. The molecule has 2 atom stereocenters. The molecule has 8 rings (SSSR count). The molecule has 2 aromatic carbocycles. The van der Waals surface area contributed by atoms with Gasteiger partial charge in [0, 0.05) is 79.8 Å². The zero-order valence-electron chi connectivity index (χ0n) is 31.3. The topological polar surface area (TPSA) is 127 Å². The van der Waals surface area contributed by atoms with Gasteiger partial charge in [0.1, 0.15) is 5.82 Å². The Morgan fingerprint density at radius 2 is 1.80 bits per heavy atom. The summed E-state index contributed by atoms with van der Waals surface area (Å²) in [6.07, 6.45) is 5.38. The summed E-state index contributed by atoms with van der Waals surface area (Å²) in [7, 11) is 4.98. The van der Waals surface area contributed by atoms with Crippen LogP contribution in [0.5, 0.6) is 5.88 Å². The van der Waals surface area contributed by atoms with Crippen molar-refractivity contribution in [3.63, 3.8) is 0 Å². The Balaban J connectivity index is 1.07. The molecule has 2 amide bonds. The minimum absolute atomic E-state index is 0.00470. The van der Waals surface area contributed by atoms with Crippen LogP contribution >= 0.6 is 11.6 Å². The number of nitrogens with one attached hydrogen (secondary N) is 2. The molecule has 1 aliphatic carbocycles. The number of halogens is 1. The number of likely N-dealkylation sites (tertiary alicyclic amines) is 1. The third-order valence-electron chi connectivity index (χ3n) is 11.4. The molecule has 0 radical (unpaired) electrons. The highest BCUT2D eigenvalue weighted by molar-refractivity contribution is 6.36. The molecule has 5 aromatic rings. The van der Waals surface area contributed by atoms with Crippen LogP contribution in [0.2, 0.25) is 5.02 Å². The summed E-state index contributed by atoms with van der Waals surface area (Å²) in [4.78, 5) is 40.2. The van der Waals surface area contributed by atoms with Crippen molar-refractivity contribution in [3.05, 3.63) is 92.5 Å². The highest BCUT2D eigenvalue weighted by Crippen LogP contribution is 2.47. The standard InChI is InChI=1S/C41H45ClN8O4/c1-24-20-27-22-43-48(3)39(51)35(27)37(44-24)45-31-11-7-8-28(25(31)2)29-9-6-10-30(36(29)42)32-21-26-12-13-33(34(26)38(46-32)54-5)50-17-15-41(23-50)14-16-49(18-19-53-4)40(52)47-41/h6-11,20-22,33H,12-19,23H2,1-5H3,(H,44,45)(H,47,52)/t33-,41-/m0/s1. The van der Waals surface area contributed by atoms with Crippen LogP contribution in [0.25, 0.3) is 33.2 Å². The fraction of sp³-hybridized carbons (Fsp3) is 0.390. The number of benzene rings is 2. The van der Waals surface area contributed by atoms with Gasteiger partial charge in [0.2, 0.25) is 5.88 Å². The summed E-state index contributed by atoms with van der Waals surface area (Å²) >= 11 is 7.29. The number of carbonyl (C=O) groups excluding carboxylic acids is 1. The predicted molar refractivity (Wildman–Crippen MR) is 211 cm³/mol. The average molecular weight is 749 g/mol. The summed E-state index contributed by atoms with van der Waals surface area (Å²) in [5, 5.41) is 12.8. The van der Waals surface area contributed by atoms with E-state index < -0.39 is 0 Å². The molecule has 54 heavy (non-hydrogen) atoms. The molecule has 2 N–H and O–H groups in total. The number of methoxy groups -OCH3 is 2. The van der Waals surface area contributed by atoms with Crippen LogP contribution in [0.15, 0.2) is 59.5 Å². The van der Waals surface area contributed by atoms with Crippen molar-refractivity contribution >= 4 is 39.9 Å². The van der Waals surface area contributed by atoms with E-state index >= 15 is 0 Å². The second-order valence-corrected chi connectivity index (χ2v) is 15.1. The smallest absolute Gasteiger partial charge is 0.317 e. The van der Waals surface area contributed by atoms with E-state index in [0.29, 0.717) is 35.3 Å². The number of anilines is 2. The van der Waals surface area contributed by atoms with Crippen molar-refractivity contribution in [2.75, 3.05) is 52.3 Å².